The van der Waals surface area contributed by atoms with Gasteiger partial charge in [-0.1, -0.05) is 12.1 Å². The van der Waals surface area contributed by atoms with E-state index in [2.05, 4.69) is 10.6 Å². The van der Waals surface area contributed by atoms with E-state index < -0.39 is 5.97 Å². The average Bonchev–Trinajstić information content (AvgIpc) is 3.04. The van der Waals surface area contributed by atoms with Gasteiger partial charge in [-0.25, -0.2) is 4.79 Å². The molecule has 29 heavy (non-hydrogen) atoms. The first kappa shape index (κ1) is 21.3. The molecule has 154 valence electrons. The summed E-state index contributed by atoms with van der Waals surface area (Å²) in [4.78, 5) is 26.2. The predicted molar refractivity (Wildman–Crippen MR) is 118 cm³/mol. The fourth-order valence-electron chi connectivity index (χ4n) is 3.29. The van der Waals surface area contributed by atoms with Gasteiger partial charge in [0, 0.05) is 4.88 Å². The van der Waals surface area contributed by atoms with Crippen molar-refractivity contribution in [1.29, 1.82) is 0 Å². The Balaban J connectivity index is 1.77. The van der Waals surface area contributed by atoms with Crippen molar-refractivity contribution in [2.24, 2.45) is 0 Å². The maximum Gasteiger partial charge on any atom is 0.341 e. The van der Waals surface area contributed by atoms with Crippen LogP contribution >= 0.6 is 23.6 Å². The number of amides is 1. The molecule has 1 amide bonds. The Morgan fingerprint density at radius 2 is 1.90 bits per heavy atom. The Labute approximate surface area is 179 Å². The molecule has 0 saturated heterocycles. The summed E-state index contributed by atoms with van der Waals surface area (Å²) in [5, 5.41) is 6.43. The topological polar surface area (TPSA) is 76.7 Å². The van der Waals surface area contributed by atoms with Gasteiger partial charge in [0.25, 0.3) is 5.91 Å². The highest BCUT2D eigenvalue weighted by Crippen LogP contribution is 2.38. The molecule has 0 spiro atoms. The molecule has 0 aliphatic heterocycles. The van der Waals surface area contributed by atoms with Crippen LogP contribution in [-0.4, -0.2) is 30.2 Å². The zero-order valence-corrected chi connectivity index (χ0v) is 18.3. The maximum absolute atomic E-state index is 12.7. The van der Waals surface area contributed by atoms with Gasteiger partial charge in [0.1, 0.15) is 10.8 Å². The number of rotatable bonds is 5. The molecule has 1 aromatic heterocycles. The summed E-state index contributed by atoms with van der Waals surface area (Å²) in [5.41, 5.74) is 1.94. The molecule has 0 saturated carbocycles. The van der Waals surface area contributed by atoms with Crippen LogP contribution in [0.15, 0.2) is 24.3 Å². The molecule has 0 fully saturated rings. The van der Waals surface area contributed by atoms with E-state index in [9.17, 15) is 9.59 Å². The van der Waals surface area contributed by atoms with E-state index in [1.165, 1.54) is 23.3 Å². The quantitative estimate of drug-likeness (QED) is 0.541. The fourth-order valence-corrected chi connectivity index (χ4v) is 4.83. The molecule has 0 unspecified atom stereocenters. The first-order valence-corrected chi connectivity index (χ1v) is 10.7. The van der Waals surface area contributed by atoms with Gasteiger partial charge in [-0.15, -0.1) is 11.3 Å². The van der Waals surface area contributed by atoms with Crippen molar-refractivity contribution >= 4 is 45.5 Å². The van der Waals surface area contributed by atoms with Crippen LogP contribution in [0.25, 0.3) is 0 Å². The van der Waals surface area contributed by atoms with Crippen molar-refractivity contribution in [2.75, 3.05) is 12.4 Å². The number of fused-ring (bicyclic) bond motifs is 1. The number of esters is 1. The standard InChI is InChI=1S/C21H24N2O4S2/c1-12(2)27-15-10-6-4-8-13(15)18(24)22-21(28)23-19-17(20(25)26-3)14-9-5-7-11-16(14)29-19/h4,6,8,10,12H,5,7,9,11H2,1-3H3,(H2,22,23,24,28). The van der Waals surface area contributed by atoms with E-state index >= 15 is 0 Å². The number of hydrogen-bond acceptors (Lipinski definition) is 6. The average molecular weight is 433 g/mol. The summed E-state index contributed by atoms with van der Waals surface area (Å²) in [6.45, 7) is 3.79. The first-order chi connectivity index (χ1) is 13.9. The molecule has 0 atom stereocenters. The van der Waals surface area contributed by atoms with Crippen molar-refractivity contribution in [3.63, 3.8) is 0 Å². The lowest BCUT2D eigenvalue weighted by Gasteiger charge is -2.15. The summed E-state index contributed by atoms with van der Waals surface area (Å²) < 4.78 is 10.7. The molecule has 2 N–H and O–H groups in total. The zero-order chi connectivity index (χ0) is 21.0. The smallest absolute Gasteiger partial charge is 0.341 e. The zero-order valence-electron chi connectivity index (χ0n) is 16.7. The monoisotopic (exact) mass is 432 g/mol. The SMILES string of the molecule is COC(=O)c1c(NC(=S)NC(=O)c2ccccc2OC(C)C)sc2c1CCCC2. The molecule has 1 heterocycles. The molecule has 2 aromatic rings. The fraction of sp³-hybridized carbons (Fsp3) is 0.381. The first-order valence-electron chi connectivity index (χ1n) is 9.51. The third-order valence-electron chi connectivity index (χ3n) is 4.51. The number of nitrogens with one attached hydrogen (secondary N) is 2. The number of methoxy groups -OCH3 is 1. The summed E-state index contributed by atoms with van der Waals surface area (Å²) >= 11 is 6.83. The van der Waals surface area contributed by atoms with Crippen molar-refractivity contribution in [3.05, 3.63) is 45.8 Å². The second-order valence-corrected chi connectivity index (χ2v) is 8.49. The normalized spacial score (nSPS) is 12.8. The second kappa shape index (κ2) is 9.37. The molecular formula is C21H24N2O4S2. The summed E-state index contributed by atoms with van der Waals surface area (Å²) in [5.74, 6) is -0.277. The number of ether oxygens (including phenoxy) is 2. The summed E-state index contributed by atoms with van der Waals surface area (Å²) in [7, 11) is 1.37. The van der Waals surface area contributed by atoms with E-state index in [0.717, 1.165) is 31.2 Å². The highest BCUT2D eigenvalue weighted by atomic mass is 32.1. The largest absolute Gasteiger partial charge is 0.490 e. The van der Waals surface area contributed by atoms with Gasteiger partial charge < -0.3 is 14.8 Å². The van der Waals surface area contributed by atoms with Gasteiger partial charge in [-0.05, 0) is 69.4 Å². The minimum Gasteiger partial charge on any atom is -0.490 e. The molecule has 1 aromatic carbocycles. The van der Waals surface area contributed by atoms with Crippen LogP contribution in [0.5, 0.6) is 5.75 Å². The minimum atomic E-state index is -0.392. The second-order valence-electron chi connectivity index (χ2n) is 6.98. The molecule has 1 aliphatic rings. The van der Waals surface area contributed by atoms with E-state index in [1.807, 2.05) is 19.9 Å². The number of aryl methyl sites for hydroxylation is 1. The van der Waals surface area contributed by atoms with E-state index in [-0.39, 0.29) is 17.1 Å². The van der Waals surface area contributed by atoms with Crippen LogP contribution in [0.2, 0.25) is 0 Å². The Morgan fingerprint density at radius 1 is 1.17 bits per heavy atom. The molecule has 0 bridgehead atoms. The van der Waals surface area contributed by atoms with Gasteiger partial charge in [-0.3, -0.25) is 10.1 Å². The molecule has 3 rings (SSSR count). The minimum absolute atomic E-state index is 0.0610. The van der Waals surface area contributed by atoms with Crippen molar-refractivity contribution in [1.82, 2.24) is 5.32 Å². The van der Waals surface area contributed by atoms with Crippen molar-refractivity contribution < 1.29 is 19.1 Å². The van der Waals surface area contributed by atoms with Gasteiger partial charge >= 0.3 is 5.97 Å². The van der Waals surface area contributed by atoms with Gasteiger partial charge in [0.05, 0.1) is 24.3 Å². The molecule has 0 radical (unpaired) electrons. The van der Waals surface area contributed by atoms with Crippen LogP contribution in [0, 0.1) is 0 Å². The van der Waals surface area contributed by atoms with Crippen molar-refractivity contribution in [3.8, 4) is 5.75 Å². The third-order valence-corrected chi connectivity index (χ3v) is 5.92. The van der Waals surface area contributed by atoms with Gasteiger partial charge in [0.2, 0.25) is 0 Å². The van der Waals surface area contributed by atoms with Gasteiger partial charge in [-0.2, -0.15) is 0 Å². The highest BCUT2D eigenvalue weighted by molar-refractivity contribution is 7.80. The molecular weight excluding hydrogens is 408 g/mol. The van der Waals surface area contributed by atoms with E-state index in [1.54, 1.807) is 18.2 Å². The lowest BCUT2D eigenvalue weighted by Crippen LogP contribution is -2.34. The number of hydrogen-bond donors (Lipinski definition) is 2. The summed E-state index contributed by atoms with van der Waals surface area (Å²) in [6.07, 6.45) is 3.86. The number of carbonyl (C=O) groups excluding carboxylic acids is 2. The number of thiophene rings is 1. The molecule has 8 heteroatoms. The van der Waals surface area contributed by atoms with Gasteiger partial charge in [0.15, 0.2) is 5.11 Å². The number of benzene rings is 1. The van der Waals surface area contributed by atoms with Crippen LogP contribution in [-0.2, 0) is 17.6 Å². The maximum atomic E-state index is 12.7. The lowest BCUT2D eigenvalue weighted by atomic mass is 9.95. The Morgan fingerprint density at radius 3 is 2.62 bits per heavy atom. The highest BCUT2D eigenvalue weighted by Gasteiger charge is 2.26. The third kappa shape index (κ3) is 4.94. The number of thiocarbonyl (C=S) groups is 1. The Kier molecular flexibility index (Phi) is 6.87. The predicted octanol–water partition coefficient (Wildman–Crippen LogP) is 4.33. The Hall–Kier alpha value is -2.45. The summed E-state index contributed by atoms with van der Waals surface area (Å²) in [6, 6.07) is 7.00. The van der Waals surface area contributed by atoms with Crippen LogP contribution in [0.1, 0.15) is 57.8 Å². The van der Waals surface area contributed by atoms with E-state index in [4.69, 9.17) is 21.7 Å². The lowest BCUT2D eigenvalue weighted by molar-refractivity contribution is 0.0601. The Bertz CT molecular complexity index is 937. The van der Waals surface area contributed by atoms with Crippen molar-refractivity contribution in [2.45, 2.75) is 45.6 Å². The number of anilines is 1. The molecule has 6 nitrogen and oxygen atoms in total. The van der Waals surface area contributed by atoms with Crippen LogP contribution in [0.3, 0.4) is 0 Å². The van der Waals surface area contributed by atoms with Crippen LogP contribution in [0.4, 0.5) is 5.00 Å². The number of carbonyl (C=O) groups is 2. The molecule has 1 aliphatic carbocycles. The van der Waals surface area contributed by atoms with E-state index in [0.29, 0.717) is 21.9 Å². The number of para-hydroxylation sites is 1. The van der Waals surface area contributed by atoms with Crippen LogP contribution < -0.4 is 15.4 Å².